The van der Waals surface area contributed by atoms with E-state index in [0.717, 1.165) is 63.2 Å². The number of hydrogen-bond donors (Lipinski definition) is 1. The second kappa shape index (κ2) is 9.41. The van der Waals surface area contributed by atoms with Gasteiger partial charge in [0.05, 0.1) is 7.11 Å². The van der Waals surface area contributed by atoms with Crippen molar-refractivity contribution in [3.8, 4) is 5.75 Å². The Kier molecular flexibility index (Phi) is 6.70. The van der Waals surface area contributed by atoms with Crippen LogP contribution >= 0.6 is 0 Å². The number of nitrogens with zero attached hydrogens (tertiary/aromatic N) is 5. The van der Waals surface area contributed by atoms with Crippen molar-refractivity contribution >= 4 is 17.5 Å². The number of ether oxygens (including phenoxy) is 1. The van der Waals surface area contributed by atoms with Gasteiger partial charge in [0.1, 0.15) is 11.6 Å². The molecular weight excluding hydrogens is 340 g/mol. The van der Waals surface area contributed by atoms with Gasteiger partial charge >= 0.3 is 0 Å². The Morgan fingerprint density at radius 3 is 2.41 bits per heavy atom. The Hall–Kier alpha value is -2.54. The standard InChI is InChI=1S/C20H30N6O/c1-24(2)12-4-10-21-19-9-11-22-20(23-19)26-15-13-25(14-16-26)17-5-7-18(27-3)8-6-17/h5-9,11H,4,10,12-16H2,1-3H3,(H,21,22,23). The lowest BCUT2D eigenvalue weighted by Crippen LogP contribution is -2.47. The van der Waals surface area contributed by atoms with Crippen molar-refractivity contribution in [2.24, 2.45) is 0 Å². The summed E-state index contributed by atoms with van der Waals surface area (Å²) in [5.41, 5.74) is 1.23. The van der Waals surface area contributed by atoms with E-state index in [1.165, 1.54) is 5.69 Å². The van der Waals surface area contributed by atoms with E-state index in [4.69, 9.17) is 4.74 Å². The number of piperazine rings is 1. The molecule has 0 saturated carbocycles. The monoisotopic (exact) mass is 370 g/mol. The smallest absolute Gasteiger partial charge is 0.227 e. The molecule has 1 aromatic carbocycles. The summed E-state index contributed by atoms with van der Waals surface area (Å²) < 4.78 is 5.24. The zero-order chi connectivity index (χ0) is 19.1. The molecule has 0 spiro atoms. The molecule has 0 amide bonds. The van der Waals surface area contributed by atoms with Crippen LogP contribution in [0.4, 0.5) is 17.5 Å². The van der Waals surface area contributed by atoms with Gasteiger partial charge in [-0.05, 0) is 57.4 Å². The summed E-state index contributed by atoms with van der Waals surface area (Å²) in [7, 11) is 5.88. The topological polar surface area (TPSA) is 56.8 Å². The van der Waals surface area contributed by atoms with Gasteiger partial charge in [0.25, 0.3) is 0 Å². The molecule has 0 bridgehead atoms. The summed E-state index contributed by atoms with van der Waals surface area (Å²) in [5.74, 6) is 2.60. The van der Waals surface area contributed by atoms with Gasteiger partial charge in [0.2, 0.25) is 5.95 Å². The lowest BCUT2D eigenvalue weighted by molar-refractivity contribution is 0.405. The highest BCUT2D eigenvalue weighted by Gasteiger charge is 2.19. The van der Waals surface area contributed by atoms with E-state index in [0.29, 0.717) is 0 Å². The Balaban J connectivity index is 1.52. The number of benzene rings is 1. The van der Waals surface area contributed by atoms with Crippen LogP contribution in [0.5, 0.6) is 5.75 Å². The van der Waals surface area contributed by atoms with E-state index in [-0.39, 0.29) is 0 Å². The Bertz CT molecular complexity index is 698. The molecule has 0 aliphatic carbocycles. The van der Waals surface area contributed by atoms with Gasteiger partial charge in [-0.3, -0.25) is 0 Å². The summed E-state index contributed by atoms with van der Waals surface area (Å²) in [6, 6.07) is 10.2. The van der Waals surface area contributed by atoms with Crippen molar-refractivity contribution in [1.29, 1.82) is 0 Å². The molecule has 1 N–H and O–H groups in total. The van der Waals surface area contributed by atoms with E-state index in [1.54, 1.807) is 7.11 Å². The molecule has 7 nitrogen and oxygen atoms in total. The molecule has 3 rings (SSSR count). The highest BCUT2D eigenvalue weighted by atomic mass is 16.5. The Morgan fingerprint density at radius 2 is 1.74 bits per heavy atom. The maximum absolute atomic E-state index is 5.24. The molecule has 27 heavy (non-hydrogen) atoms. The maximum Gasteiger partial charge on any atom is 0.227 e. The minimum atomic E-state index is 0.807. The fourth-order valence-corrected chi connectivity index (χ4v) is 3.17. The molecule has 1 aromatic heterocycles. The number of hydrogen-bond acceptors (Lipinski definition) is 7. The molecule has 7 heteroatoms. The summed E-state index contributed by atoms with van der Waals surface area (Å²) in [6.07, 6.45) is 2.93. The van der Waals surface area contributed by atoms with E-state index >= 15 is 0 Å². The first-order valence-corrected chi connectivity index (χ1v) is 9.51. The zero-order valence-corrected chi connectivity index (χ0v) is 16.6. The summed E-state index contributed by atoms with van der Waals surface area (Å²) in [5, 5.41) is 3.40. The first kappa shape index (κ1) is 19.2. The van der Waals surface area contributed by atoms with Gasteiger partial charge < -0.3 is 24.8 Å². The van der Waals surface area contributed by atoms with Crippen LogP contribution in [-0.4, -0.2) is 75.3 Å². The van der Waals surface area contributed by atoms with Crippen molar-refractivity contribution in [2.45, 2.75) is 6.42 Å². The van der Waals surface area contributed by atoms with Crippen LogP contribution < -0.4 is 19.9 Å². The molecule has 0 radical (unpaired) electrons. The third-order valence-corrected chi connectivity index (χ3v) is 4.73. The molecular formula is C20H30N6O. The van der Waals surface area contributed by atoms with E-state index in [1.807, 2.05) is 24.4 Å². The Morgan fingerprint density at radius 1 is 1.04 bits per heavy atom. The highest BCUT2D eigenvalue weighted by molar-refractivity contribution is 5.51. The van der Waals surface area contributed by atoms with Crippen LogP contribution in [0.15, 0.2) is 36.5 Å². The molecule has 2 heterocycles. The molecule has 0 atom stereocenters. The number of rotatable bonds is 8. The van der Waals surface area contributed by atoms with Crippen molar-refractivity contribution in [1.82, 2.24) is 14.9 Å². The fourth-order valence-electron chi connectivity index (χ4n) is 3.17. The summed E-state index contributed by atoms with van der Waals surface area (Å²) in [4.78, 5) is 16.0. The lowest BCUT2D eigenvalue weighted by Gasteiger charge is -2.36. The SMILES string of the molecule is COc1ccc(N2CCN(c3nccc(NCCCN(C)C)n3)CC2)cc1. The molecule has 1 fully saturated rings. The molecule has 0 unspecified atom stereocenters. The van der Waals surface area contributed by atoms with Gasteiger partial charge in [-0.15, -0.1) is 0 Å². The second-order valence-corrected chi connectivity index (χ2v) is 7.00. The van der Waals surface area contributed by atoms with Crippen molar-refractivity contribution in [3.05, 3.63) is 36.5 Å². The average molecular weight is 371 g/mol. The van der Waals surface area contributed by atoms with Crippen molar-refractivity contribution in [3.63, 3.8) is 0 Å². The third kappa shape index (κ3) is 5.47. The van der Waals surface area contributed by atoms with Crippen LogP contribution in [0.2, 0.25) is 0 Å². The van der Waals surface area contributed by atoms with Crippen LogP contribution in [0, 0.1) is 0 Å². The lowest BCUT2D eigenvalue weighted by atomic mass is 10.2. The van der Waals surface area contributed by atoms with Gasteiger partial charge in [0, 0.05) is 44.6 Å². The largest absolute Gasteiger partial charge is 0.497 e. The van der Waals surface area contributed by atoms with Crippen LogP contribution in [0.25, 0.3) is 0 Å². The normalized spacial score (nSPS) is 14.5. The minimum Gasteiger partial charge on any atom is -0.497 e. The highest BCUT2D eigenvalue weighted by Crippen LogP contribution is 2.21. The molecule has 1 aliphatic heterocycles. The van der Waals surface area contributed by atoms with Crippen molar-refractivity contribution in [2.75, 3.05) is 75.6 Å². The third-order valence-electron chi connectivity index (χ3n) is 4.73. The Labute approximate surface area is 162 Å². The molecule has 1 aliphatic rings. The van der Waals surface area contributed by atoms with Crippen LogP contribution in [-0.2, 0) is 0 Å². The van der Waals surface area contributed by atoms with E-state index in [2.05, 4.69) is 56.2 Å². The second-order valence-electron chi connectivity index (χ2n) is 7.00. The molecule has 146 valence electrons. The number of nitrogens with one attached hydrogen (secondary N) is 1. The fraction of sp³-hybridized carbons (Fsp3) is 0.500. The summed E-state index contributed by atoms with van der Waals surface area (Å²) in [6.45, 7) is 5.72. The first-order valence-electron chi connectivity index (χ1n) is 9.51. The predicted octanol–water partition coefficient (Wildman–Crippen LogP) is 2.18. The minimum absolute atomic E-state index is 0.807. The van der Waals surface area contributed by atoms with Crippen LogP contribution in [0.1, 0.15) is 6.42 Å². The van der Waals surface area contributed by atoms with Gasteiger partial charge in [-0.2, -0.15) is 4.98 Å². The van der Waals surface area contributed by atoms with Gasteiger partial charge in [0.15, 0.2) is 0 Å². The average Bonchev–Trinajstić information content (AvgIpc) is 2.71. The number of anilines is 3. The van der Waals surface area contributed by atoms with E-state index in [9.17, 15) is 0 Å². The maximum atomic E-state index is 5.24. The summed E-state index contributed by atoms with van der Waals surface area (Å²) >= 11 is 0. The molecule has 2 aromatic rings. The van der Waals surface area contributed by atoms with E-state index < -0.39 is 0 Å². The predicted molar refractivity (Wildman–Crippen MR) is 111 cm³/mol. The molecule has 1 saturated heterocycles. The quantitative estimate of drug-likeness (QED) is 0.715. The first-order chi connectivity index (χ1) is 13.2. The van der Waals surface area contributed by atoms with Crippen molar-refractivity contribution < 1.29 is 4.74 Å². The zero-order valence-electron chi connectivity index (χ0n) is 16.6. The van der Waals surface area contributed by atoms with Gasteiger partial charge in [-0.25, -0.2) is 4.98 Å². The van der Waals surface area contributed by atoms with Crippen LogP contribution in [0.3, 0.4) is 0 Å². The number of aromatic nitrogens is 2. The number of methoxy groups -OCH3 is 1. The van der Waals surface area contributed by atoms with Gasteiger partial charge in [-0.1, -0.05) is 0 Å².